The number of aliphatic hydroxyl groups is 3. The van der Waals surface area contributed by atoms with E-state index in [4.69, 9.17) is 34.5 Å². The van der Waals surface area contributed by atoms with Gasteiger partial charge in [0.15, 0.2) is 0 Å². The van der Waals surface area contributed by atoms with Crippen molar-refractivity contribution in [3.8, 4) is 0 Å². The predicted molar refractivity (Wildman–Crippen MR) is 42.6 cm³/mol. The minimum Gasteiger partial charge on any atom is -0.395 e. The van der Waals surface area contributed by atoms with Gasteiger partial charge >= 0.3 is 9.05 Å². The zero-order valence-corrected chi connectivity index (χ0v) is 7.91. The molecular weight excluding hydrogens is 202 g/mol. The predicted octanol–water partition coefficient (Wildman–Crippen LogP) is -4.43. The second kappa shape index (κ2) is 8.49. The highest BCUT2D eigenvalue weighted by molar-refractivity contribution is 6.46. The van der Waals surface area contributed by atoms with Gasteiger partial charge < -0.3 is 34.5 Å². The van der Waals surface area contributed by atoms with Crippen molar-refractivity contribution in [1.82, 2.24) is 4.90 Å². The Hall–Kier alpha value is -0.103. The molecule has 0 saturated carbocycles. The summed E-state index contributed by atoms with van der Waals surface area (Å²) in [4.78, 5) is 30.6. The van der Waals surface area contributed by atoms with Crippen LogP contribution in [0.2, 0.25) is 0 Å². The molecule has 8 nitrogen and oxygen atoms in total. The van der Waals surface area contributed by atoms with Crippen molar-refractivity contribution in [2.45, 2.75) is 0 Å². The molecule has 13 heavy (non-hydrogen) atoms. The lowest BCUT2D eigenvalue weighted by Gasteiger charge is -2.12. The lowest BCUT2D eigenvalue weighted by atomic mass is 10.6. The van der Waals surface area contributed by atoms with E-state index >= 15 is 0 Å². The van der Waals surface area contributed by atoms with Gasteiger partial charge in [-0.15, -0.1) is 0 Å². The van der Waals surface area contributed by atoms with Crippen molar-refractivity contribution in [3.63, 3.8) is 0 Å². The maximum atomic E-state index is 8.31. The lowest BCUT2D eigenvalue weighted by Crippen LogP contribution is -2.33. The van der Waals surface area contributed by atoms with Crippen LogP contribution in [0, 0.1) is 0 Å². The Kier molecular flexibility index (Phi) is 10.0. The van der Waals surface area contributed by atoms with Gasteiger partial charge in [-0.3, -0.25) is 4.90 Å². The summed E-state index contributed by atoms with van der Waals surface area (Å²) in [7, 11) is -4.61. The third-order valence-electron chi connectivity index (χ3n) is 0.816. The standard InChI is InChI=1S/C4H11NO3.H4O4Si/c6-2-1-5(3-7)4-8;1-5(2,3)4/h6-8H,1-4H2;1-4H. The van der Waals surface area contributed by atoms with Crippen LogP contribution >= 0.6 is 0 Å². The molecule has 0 spiro atoms. The molecule has 9 heteroatoms. The second-order valence-corrected chi connectivity index (χ2v) is 3.20. The Morgan fingerprint density at radius 3 is 1.23 bits per heavy atom. The summed E-state index contributed by atoms with van der Waals surface area (Å²) in [6.07, 6.45) is 0. The fraction of sp³-hybridized carbons (Fsp3) is 1.00. The van der Waals surface area contributed by atoms with Gasteiger partial charge in [-0.2, -0.15) is 0 Å². The molecule has 82 valence electrons. The van der Waals surface area contributed by atoms with Crippen molar-refractivity contribution >= 4 is 9.05 Å². The van der Waals surface area contributed by atoms with Gasteiger partial charge in [0.05, 0.1) is 20.1 Å². The Morgan fingerprint density at radius 1 is 0.846 bits per heavy atom. The summed E-state index contributed by atoms with van der Waals surface area (Å²) in [6, 6.07) is 0. The number of hydrogen-bond donors (Lipinski definition) is 7. The molecule has 0 fully saturated rings. The molecule has 0 aliphatic heterocycles. The normalized spacial score (nSPS) is 11.1. The highest BCUT2D eigenvalue weighted by Crippen LogP contribution is 1.78. The van der Waals surface area contributed by atoms with E-state index < -0.39 is 9.05 Å². The first-order valence-corrected chi connectivity index (χ1v) is 5.08. The molecule has 0 bridgehead atoms. The number of hydrogen-bond acceptors (Lipinski definition) is 8. The van der Waals surface area contributed by atoms with Crippen LogP contribution in [0.4, 0.5) is 0 Å². The average molecular weight is 217 g/mol. The van der Waals surface area contributed by atoms with E-state index in [1.165, 1.54) is 4.90 Å². The quantitative estimate of drug-likeness (QED) is 0.184. The van der Waals surface area contributed by atoms with Gasteiger partial charge in [-0.1, -0.05) is 0 Å². The maximum Gasteiger partial charge on any atom is 0.668 e. The summed E-state index contributed by atoms with van der Waals surface area (Å²) in [5, 5.41) is 24.9. The van der Waals surface area contributed by atoms with Crippen molar-refractivity contribution in [1.29, 1.82) is 0 Å². The van der Waals surface area contributed by atoms with Gasteiger partial charge in [-0.25, -0.2) is 0 Å². The van der Waals surface area contributed by atoms with Crippen LogP contribution in [0.25, 0.3) is 0 Å². The first-order chi connectivity index (χ1) is 5.85. The molecule has 0 aromatic carbocycles. The van der Waals surface area contributed by atoms with E-state index in [1.807, 2.05) is 0 Å². The maximum absolute atomic E-state index is 8.31. The van der Waals surface area contributed by atoms with Crippen molar-refractivity contribution in [3.05, 3.63) is 0 Å². The molecule has 0 aromatic heterocycles. The molecule has 0 rings (SSSR count). The van der Waals surface area contributed by atoms with Crippen LogP contribution in [0.3, 0.4) is 0 Å². The number of nitrogens with zero attached hydrogens (tertiary/aromatic N) is 1. The van der Waals surface area contributed by atoms with Crippen LogP contribution in [0.15, 0.2) is 0 Å². The third kappa shape index (κ3) is 24.5. The SMILES string of the molecule is OCCN(CO)CO.O[Si](O)(O)O. The Balaban J connectivity index is 0. The van der Waals surface area contributed by atoms with E-state index in [0.29, 0.717) is 6.54 Å². The topological polar surface area (TPSA) is 145 Å². The van der Waals surface area contributed by atoms with E-state index in [-0.39, 0.29) is 20.1 Å². The lowest BCUT2D eigenvalue weighted by molar-refractivity contribution is 0.0184. The van der Waals surface area contributed by atoms with E-state index in [0.717, 1.165) is 0 Å². The number of rotatable bonds is 4. The van der Waals surface area contributed by atoms with Gasteiger partial charge in [-0.05, 0) is 0 Å². The van der Waals surface area contributed by atoms with Gasteiger partial charge in [0.1, 0.15) is 0 Å². The molecule has 0 aromatic rings. The third-order valence-corrected chi connectivity index (χ3v) is 0.816. The molecule has 0 atom stereocenters. The first kappa shape index (κ1) is 15.4. The first-order valence-electron chi connectivity index (χ1n) is 3.29. The zero-order chi connectivity index (χ0) is 10.9. The molecule has 0 unspecified atom stereocenters. The van der Waals surface area contributed by atoms with Crippen molar-refractivity contribution in [2.75, 3.05) is 26.6 Å². The van der Waals surface area contributed by atoms with E-state index in [9.17, 15) is 0 Å². The highest BCUT2D eigenvalue weighted by atomic mass is 28.4. The molecule has 0 radical (unpaired) electrons. The van der Waals surface area contributed by atoms with Gasteiger partial charge in [0, 0.05) is 6.54 Å². The highest BCUT2D eigenvalue weighted by Gasteiger charge is 2.22. The molecule has 0 heterocycles. The molecule has 0 amide bonds. The summed E-state index contributed by atoms with van der Waals surface area (Å²) >= 11 is 0. The summed E-state index contributed by atoms with van der Waals surface area (Å²) in [5.74, 6) is 0. The summed E-state index contributed by atoms with van der Waals surface area (Å²) in [5.41, 5.74) is 0. The molecule has 0 saturated heterocycles. The van der Waals surface area contributed by atoms with Crippen LogP contribution in [0.5, 0.6) is 0 Å². The zero-order valence-electron chi connectivity index (χ0n) is 6.91. The Labute approximate surface area is 76.0 Å². The van der Waals surface area contributed by atoms with Crippen LogP contribution in [-0.2, 0) is 0 Å². The minimum atomic E-state index is -4.61. The van der Waals surface area contributed by atoms with Crippen LogP contribution in [0.1, 0.15) is 0 Å². The molecule has 7 N–H and O–H groups in total. The fourth-order valence-corrected chi connectivity index (χ4v) is 0.328. The Bertz CT molecular complexity index is 97.2. The van der Waals surface area contributed by atoms with Crippen molar-refractivity contribution in [2.24, 2.45) is 0 Å². The number of aliphatic hydroxyl groups excluding tert-OH is 3. The monoisotopic (exact) mass is 217 g/mol. The van der Waals surface area contributed by atoms with Crippen LogP contribution < -0.4 is 0 Å². The Morgan fingerprint density at radius 2 is 1.15 bits per heavy atom. The molecule has 0 aliphatic rings. The largest absolute Gasteiger partial charge is 0.668 e. The average Bonchev–Trinajstić information content (AvgIpc) is 1.97. The minimum absolute atomic E-state index is 0.0406. The fourth-order valence-electron chi connectivity index (χ4n) is 0.328. The van der Waals surface area contributed by atoms with Crippen LogP contribution in [-0.4, -0.2) is 75.1 Å². The summed E-state index contributed by atoms with van der Waals surface area (Å²) < 4.78 is 0. The summed E-state index contributed by atoms with van der Waals surface area (Å²) in [6.45, 7) is -0.151. The van der Waals surface area contributed by atoms with Gasteiger partial charge in [0.25, 0.3) is 0 Å². The second-order valence-electron chi connectivity index (χ2n) is 2.00. The van der Waals surface area contributed by atoms with E-state index in [1.54, 1.807) is 0 Å². The molecule has 0 aliphatic carbocycles. The van der Waals surface area contributed by atoms with E-state index in [2.05, 4.69) is 0 Å². The van der Waals surface area contributed by atoms with Crippen molar-refractivity contribution < 1.29 is 34.5 Å². The smallest absolute Gasteiger partial charge is 0.395 e. The molecular formula is C4H15NO7Si. The van der Waals surface area contributed by atoms with Gasteiger partial charge in [0.2, 0.25) is 0 Å².